The maximum Gasteiger partial charge on any atom is 0.337 e. The third kappa shape index (κ3) is 2.92. The fourth-order valence-corrected chi connectivity index (χ4v) is 2.01. The van der Waals surface area contributed by atoms with Crippen LogP contribution in [0, 0.1) is 10.1 Å². The summed E-state index contributed by atoms with van der Waals surface area (Å²) in [6.45, 7) is 0. The smallest absolute Gasteiger partial charge is 0.298 e. The standard InChI is InChI=1S/C15H10ClNO3/c16-15(17(19)20)9-11-5-1-3-7-13(11)14-8-4-2-6-12(14)10-18/h1-10H. The molecule has 0 saturated heterocycles. The largest absolute Gasteiger partial charge is 0.337 e. The molecule has 2 aromatic carbocycles. The molecule has 0 aromatic heterocycles. The van der Waals surface area contributed by atoms with Gasteiger partial charge in [-0.15, -0.1) is 0 Å². The van der Waals surface area contributed by atoms with E-state index in [4.69, 9.17) is 11.6 Å². The highest BCUT2D eigenvalue weighted by molar-refractivity contribution is 6.30. The van der Waals surface area contributed by atoms with Gasteiger partial charge in [-0.2, -0.15) is 0 Å². The summed E-state index contributed by atoms with van der Waals surface area (Å²) in [7, 11) is 0. The number of aldehydes is 1. The Balaban J connectivity index is 2.61. The molecule has 0 unspecified atom stereocenters. The SMILES string of the molecule is O=Cc1ccccc1-c1ccccc1C=C(Cl)[N+](=O)[O-]. The first-order valence-corrected chi connectivity index (χ1v) is 6.16. The Morgan fingerprint density at radius 3 is 2.05 bits per heavy atom. The molecule has 0 bridgehead atoms. The predicted molar refractivity (Wildman–Crippen MR) is 78.1 cm³/mol. The van der Waals surface area contributed by atoms with Crippen molar-refractivity contribution in [2.75, 3.05) is 0 Å². The van der Waals surface area contributed by atoms with Crippen molar-refractivity contribution in [2.24, 2.45) is 0 Å². The van der Waals surface area contributed by atoms with Crippen LogP contribution in [0.2, 0.25) is 0 Å². The number of hydrogen-bond acceptors (Lipinski definition) is 3. The average Bonchev–Trinajstić information content (AvgIpc) is 2.47. The fraction of sp³-hybridized carbons (Fsp3) is 0. The first-order valence-electron chi connectivity index (χ1n) is 5.78. The molecule has 0 aliphatic carbocycles. The van der Waals surface area contributed by atoms with E-state index in [2.05, 4.69) is 0 Å². The van der Waals surface area contributed by atoms with Crippen molar-refractivity contribution in [3.05, 3.63) is 74.9 Å². The molecule has 2 rings (SSSR count). The van der Waals surface area contributed by atoms with E-state index in [0.717, 1.165) is 11.8 Å². The summed E-state index contributed by atoms with van der Waals surface area (Å²) < 4.78 is 0. The number of carbonyl (C=O) groups is 1. The molecule has 0 atom stereocenters. The van der Waals surface area contributed by atoms with Gasteiger partial charge in [0.2, 0.25) is 0 Å². The highest BCUT2D eigenvalue weighted by Crippen LogP contribution is 2.28. The second-order valence-electron chi connectivity index (χ2n) is 4.02. The molecule has 0 amide bonds. The molecule has 20 heavy (non-hydrogen) atoms. The van der Waals surface area contributed by atoms with Crippen LogP contribution >= 0.6 is 11.6 Å². The summed E-state index contributed by atoms with van der Waals surface area (Å²) in [6.07, 6.45) is 2.03. The van der Waals surface area contributed by atoms with E-state index >= 15 is 0 Å². The van der Waals surface area contributed by atoms with E-state index in [-0.39, 0.29) is 0 Å². The first-order chi connectivity index (χ1) is 9.63. The van der Waals surface area contributed by atoms with Crippen LogP contribution in [0.3, 0.4) is 0 Å². The second kappa shape index (κ2) is 6.12. The van der Waals surface area contributed by atoms with Crippen LogP contribution in [0.5, 0.6) is 0 Å². The number of nitro groups is 1. The average molecular weight is 288 g/mol. The van der Waals surface area contributed by atoms with Crippen molar-refractivity contribution >= 4 is 24.0 Å². The molecular weight excluding hydrogens is 278 g/mol. The Morgan fingerprint density at radius 2 is 1.50 bits per heavy atom. The highest BCUT2D eigenvalue weighted by atomic mass is 35.5. The van der Waals surface area contributed by atoms with Crippen molar-refractivity contribution in [3.8, 4) is 11.1 Å². The third-order valence-corrected chi connectivity index (χ3v) is 3.03. The van der Waals surface area contributed by atoms with Crippen LogP contribution in [0.15, 0.2) is 53.7 Å². The normalized spacial score (nSPS) is 11.2. The van der Waals surface area contributed by atoms with E-state index in [1.54, 1.807) is 48.5 Å². The monoisotopic (exact) mass is 287 g/mol. The Bertz CT molecular complexity index is 695. The summed E-state index contributed by atoms with van der Waals surface area (Å²) in [6, 6.07) is 14.1. The van der Waals surface area contributed by atoms with Gasteiger partial charge in [0.25, 0.3) is 0 Å². The van der Waals surface area contributed by atoms with Gasteiger partial charge in [-0.3, -0.25) is 14.9 Å². The summed E-state index contributed by atoms with van der Waals surface area (Å²) in [5.41, 5.74) is 2.53. The topological polar surface area (TPSA) is 60.2 Å². The summed E-state index contributed by atoms with van der Waals surface area (Å²) >= 11 is 5.58. The van der Waals surface area contributed by atoms with Crippen LogP contribution in [0.25, 0.3) is 17.2 Å². The maximum atomic E-state index is 11.1. The molecular formula is C15H10ClNO3. The zero-order chi connectivity index (χ0) is 14.5. The lowest BCUT2D eigenvalue weighted by Crippen LogP contribution is -1.93. The quantitative estimate of drug-likeness (QED) is 0.370. The van der Waals surface area contributed by atoms with E-state index in [9.17, 15) is 14.9 Å². The predicted octanol–water partition coefficient (Wildman–Crippen LogP) is 3.98. The second-order valence-corrected chi connectivity index (χ2v) is 4.40. The maximum absolute atomic E-state index is 11.1. The number of rotatable bonds is 4. The van der Waals surface area contributed by atoms with Gasteiger partial charge < -0.3 is 0 Å². The summed E-state index contributed by atoms with van der Waals surface area (Å²) in [5, 5.41) is 10.2. The van der Waals surface area contributed by atoms with E-state index in [1.807, 2.05) is 0 Å². The number of hydrogen-bond donors (Lipinski definition) is 0. The van der Waals surface area contributed by atoms with Gasteiger partial charge in [0, 0.05) is 11.6 Å². The summed E-state index contributed by atoms with van der Waals surface area (Å²) in [4.78, 5) is 21.1. The Kier molecular flexibility index (Phi) is 4.27. The molecule has 0 saturated carbocycles. The molecule has 0 aliphatic heterocycles. The van der Waals surface area contributed by atoms with Gasteiger partial charge in [-0.05, 0) is 28.3 Å². The zero-order valence-electron chi connectivity index (χ0n) is 10.3. The van der Waals surface area contributed by atoms with Crippen LogP contribution < -0.4 is 0 Å². The molecule has 4 nitrogen and oxygen atoms in total. The van der Waals surface area contributed by atoms with Crippen LogP contribution in [0.4, 0.5) is 0 Å². The van der Waals surface area contributed by atoms with Gasteiger partial charge in [-0.1, -0.05) is 48.5 Å². The Morgan fingerprint density at radius 1 is 1.00 bits per heavy atom. The van der Waals surface area contributed by atoms with Crippen LogP contribution in [0.1, 0.15) is 15.9 Å². The molecule has 0 spiro atoms. The highest BCUT2D eigenvalue weighted by Gasteiger charge is 2.11. The molecule has 2 aromatic rings. The summed E-state index contributed by atoms with van der Waals surface area (Å²) in [5.74, 6) is 0. The van der Waals surface area contributed by atoms with Gasteiger partial charge in [0.1, 0.15) is 0 Å². The minimum atomic E-state index is -0.663. The number of carbonyl (C=O) groups excluding carboxylic acids is 1. The molecule has 0 fully saturated rings. The van der Waals surface area contributed by atoms with Crippen LogP contribution in [-0.2, 0) is 0 Å². The Hall–Kier alpha value is -2.46. The zero-order valence-corrected chi connectivity index (χ0v) is 11.1. The van der Waals surface area contributed by atoms with Gasteiger partial charge in [-0.25, -0.2) is 0 Å². The van der Waals surface area contributed by atoms with Crippen LogP contribution in [-0.4, -0.2) is 11.2 Å². The lowest BCUT2D eigenvalue weighted by Gasteiger charge is -2.08. The molecule has 5 heteroatoms. The molecule has 0 aliphatic rings. The molecule has 0 N–H and O–H groups in total. The van der Waals surface area contributed by atoms with Crippen molar-refractivity contribution in [1.29, 1.82) is 0 Å². The van der Waals surface area contributed by atoms with Crippen molar-refractivity contribution in [2.45, 2.75) is 0 Å². The first kappa shape index (κ1) is 14.0. The molecule has 100 valence electrons. The number of halogens is 1. The molecule has 0 radical (unpaired) electrons. The van der Waals surface area contributed by atoms with Gasteiger partial charge in [0.05, 0.1) is 4.92 Å². The number of benzene rings is 2. The van der Waals surface area contributed by atoms with Crippen molar-refractivity contribution in [3.63, 3.8) is 0 Å². The van der Waals surface area contributed by atoms with Gasteiger partial charge in [0.15, 0.2) is 6.29 Å². The lowest BCUT2D eigenvalue weighted by molar-refractivity contribution is -0.410. The minimum Gasteiger partial charge on any atom is -0.298 e. The number of nitrogens with zero attached hydrogens (tertiary/aromatic N) is 1. The Labute approximate surface area is 120 Å². The van der Waals surface area contributed by atoms with Gasteiger partial charge >= 0.3 is 5.16 Å². The molecule has 0 heterocycles. The van der Waals surface area contributed by atoms with E-state index < -0.39 is 10.1 Å². The third-order valence-electron chi connectivity index (χ3n) is 2.79. The fourth-order valence-electron chi connectivity index (χ4n) is 1.89. The van der Waals surface area contributed by atoms with E-state index in [0.29, 0.717) is 16.7 Å². The van der Waals surface area contributed by atoms with Crippen molar-refractivity contribution < 1.29 is 9.72 Å². The minimum absolute atomic E-state index is 0.471. The van der Waals surface area contributed by atoms with Crippen molar-refractivity contribution in [1.82, 2.24) is 0 Å². The lowest BCUT2D eigenvalue weighted by atomic mass is 9.96. The van der Waals surface area contributed by atoms with E-state index in [1.165, 1.54) is 6.08 Å².